The van der Waals surface area contributed by atoms with Crippen LogP contribution in [0.2, 0.25) is 0 Å². The van der Waals surface area contributed by atoms with Crippen molar-refractivity contribution in [1.82, 2.24) is 29.7 Å². The van der Waals surface area contributed by atoms with Crippen molar-refractivity contribution in [3.63, 3.8) is 0 Å². The molecule has 130 valence electrons. The van der Waals surface area contributed by atoms with E-state index in [9.17, 15) is 9.59 Å². The average molecular weight is 351 g/mol. The third-order valence-electron chi connectivity index (χ3n) is 3.82. The molecule has 0 spiro atoms. The fourth-order valence-corrected chi connectivity index (χ4v) is 2.65. The number of hydrogen-bond acceptors (Lipinski definition) is 6. The second kappa shape index (κ2) is 5.84. The molecular weight excluding hydrogens is 338 g/mol. The molecule has 26 heavy (non-hydrogen) atoms. The van der Waals surface area contributed by atoms with E-state index < -0.39 is 11.6 Å². The molecule has 4 rings (SSSR count). The van der Waals surface area contributed by atoms with Gasteiger partial charge in [-0.05, 0) is 18.2 Å². The normalized spacial score (nSPS) is 11.0. The maximum atomic E-state index is 12.5. The molecule has 1 amide bonds. The van der Waals surface area contributed by atoms with Crippen molar-refractivity contribution in [1.29, 1.82) is 0 Å². The molecule has 0 aliphatic rings. The van der Waals surface area contributed by atoms with E-state index in [2.05, 4.69) is 25.1 Å². The summed E-state index contributed by atoms with van der Waals surface area (Å²) >= 11 is 0. The van der Waals surface area contributed by atoms with E-state index in [0.717, 1.165) is 0 Å². The quantitative estimate of drug-likeness (QED) is 0.491. The van der Waals surface area contributed by atoms with Gasteiger partial charge in [-0.15, -0.1) is 0 Å². The molecular formula is C16H13N7O3. The van der Waals surface area contributed by atoms with E-state index in [1.807, 2.05) is 0 Å². The van der Waals surface area contributed by atoms with Crippen LogP contribution in [0.25, 0.3) is 28.4 Å². The van der Waals surface area contributed by atoms with Gasteiger partial charge in [-0.2, -0.15) is 5.10 Å². The second-order valence-electron chi connectivity index (χ2n) is 5.40. The standard InChI is InChI=1S/C16H13N7O3/c1-26-9-4-2-3-8(7-9)23-15-12(20-16(23)25)11(13(17)24)19-14(21-15)10-5-6-18-22-10/h2-7H,1H3,(H2,17,24)(H,18,22)(H,20,25). The van der Waals surface area contributed by atoms with Crippen molar-refractivity contribution >= 4 is 17.1 Å². The lowest BCUT2D eigenvalue weighted by molar-refractivity contribution is 0.0997. The Morgan fingerprint density at radius 2 is 2.12 bits per heavy atom. The number of primary amides is 1. The topological polar surface area (TPSA) is 145 Å². The number of fused-ring (bicyclic) bond motifs is 1. The fourth-order valence-electron chi connectivity index (χ4n) is 2.65. The molecule has 0 aliphatic carbocycles. The summed E-state index contributed by atoms with van der Waals surface area (Å²) in [6.07, 6.45) is 1.53. The van der Waals surface area contributed by atoms with Crippen molar-refractivity contribution in [3.05, 3.63) is 52.7 Å². The van der Waals surface area contributed by atoms with Gasteiger partial charge in [0.25, 0.3) is 5.91 Å². The molecule has 3 heterocycles. The fraction of sp³-hybridized carbons (Fsp3) is 0.0625. The van der Waals surface area contributed by atoms with E-state index in [1.165, 1.54) is 17.9 Å². The van der Waals surface area contributed by atoms with Crippen LogP contribution in [0.4, 0.5) is 0 Å². The first kappa shape index (κ1) is 15.6. The van der Waals surface area contributed by atoms with E-state index in [-0.39, 0.29) is 22.7 Å². The molecule has 3 aromatic heterocycles. The number of methoxy groups -OCH3 is 1. The lowest BCUT2D eigenvalue weighted by atomic mass is 10.3. The van der Waals surface area contributed by atoms with Gasteiger partial charge in [0.05, 0.1) is 12.8 Å². The number of nitrogens with one attached hydrogen (secondary N) is 2. The van der Waals surface area contributed by atoms with Crippen molar-refractivity contribution in [3.8, 4) is 23.0 Å². The number of nitrogens with zero attached hydrogens (tertiary/aromatic N) is 4. The van der Waals surface area contributed by atoms with E-state index in [4.69, 9.17) is 10.5 Å². The van der Waals surface area contributed by atoms with Crippen molar-refractivity contribution in [2.45, 2.75) is 0 Å². The van der Waals surface area contributed by atoms with Gasteiger partial charge in [0.1, 0.15) is 17.0 Å². The molecule has 0 bridgehead atoms. The summed E-state index contributed by atoms with van der Waals surface area (Å²) in [5, 5.41) is 6.57. The van der Waals surface area contributed by atoms with E-state index >= 15 is 0 Å². The van der Waals surface area contributed by atoms with Crippen molar-refractivity contribution < 1.29 is 9.53 Å². The zero-order valence-electron chi connectivity index (χ0n) is 13.6. The smallest absolute Gasteiger partial charge is 0.332 e. The van der Waals surface area contributed by atoms with Crippen LogP contribution in [0, 0.1) is 0 Å². The van der Waals surface area contributed by atoms with Gasteiger partial charge in [0.15, 0.2) is 17.2 Å². The van der Waals surface area contributed by atoms with Crippen molar-refractivity contribution in [2.75, 3.05) is 7.11 Å². The Morgan fingerprint density at radius 3 is 2.81 bits per heavy atom. The molecule has 0 unspecified atom stereocenters. The predicted octanol–water partition coefficient (Wildman–Crippen LogP) is 0.606. The first-order valence-corrected chi connectivity index (χ1v) is 7.55. The molecule has 0 atom stereocenters. The minimum Gasteiger partial charge on any atom is -0.497 e. The summed E-state index contributed by atoms with van der Waals surface area (Å²) in [6, 6.07) is 8.54. The molecule has 0 saturated carbocycles. The number of rotatable bonds is 4. The summed E-state index contributed by atoms with van der Waals surface area (Å²) in [6.45, 7) is 0. The highest BCUT2D eigenvalue weighted by atomic mass is 16.5. The van der Waals surface area contributed by atoms with Crippen LogP contribution in [0.3, 0.4) is 0 Å². The Bertz CT molecular complexity index is 1170. The highest BCUT2D eigenvalue weighted by Gasteiger charge is 2.20. The third-order valence-corrected chi connectivity index (χ3v) is 3.82. The number of aromatic nitrogens is 6. The number of H-pyrrole nitrogens is 2. The number of aromatic amines is 2. The van der Waals surface area contributed by atoms with Gasteiger partial charge in [-0.1, -0.05) is 6.07 Å². The summed E-state index contributed by atoms with van der Waals surface area (Å²) in [7, 11) is 1.53. The molecule has 1 aromatic carbocycles. The van der Waals surface area contributed by atoms with Crippen molar-refractivity contribution in [2.24, 2.45) is 5.73 Å². The Kier molecular flexibility index (Phi) is 3.50. The highest BCUT2D eigenvalue weighted by Crippen LogP contribution is 2.22. The SMILES string of the molecule is COc1cccc(-n2c(=O)[nH]c3c(C(N)=O)nc(-c4ccn[nH]4)nc32)c1. The average Bonchev–Trinajstić information content (AvgIpc) is 3.27. The van der Waals surface area contributed by atoms with Gasteiger partial charge in [-0.3, -0.25) is 9.89 Å². The third kappa shape index (κ3) is 2.40. The molecule has 4 aromatic rings. The van der Waals surface area contributed by atoms with E-state index in [0.29, 0.717) is 17.1 Å². The van der Waals surface area contributed by atoms with Gasteiger partial charge in [0.2, 0.25) is 0 Å². The number of ether oxygens (including phenoxy) is 1. The molecule has 10 heteroatoms. The first-order chi connectivity index (χ1) is 12.6. The Morgan fingerprint density at radius 1 is 1.27 bits per heavy atom. The monoisotopic (exact) mass is 351 g/mol. The second-order valence-corrected chi connectivity index (χ2v) is 5.40. The summed E-state index contributed by atoms with van der Waals surface area (Å²) in [4.78, 5) is 35.6. The summed E-state index contributed by atoms with van der Waals surface area (Å²) in [5.41, 5.74) is 6.26. The number of carbonyl (C=O) groups excluding carboxylic acids is 1. The van der Waals surface area contributed by atoms with Gasteiger partial charge >= 0.3 is 5.69 Å². The number of carbonyl (C=O) groups is 1. The molecule has 4 N–H and O–H groups in total. The minimum absolute atomic E-state index is 0.0849. The Balaban J connectivity index is 2.06. The van der Waals surface area contributed by atoms with Gasteiger partial charge in [0, 0.05) is 12.3 Å². The molecule has 0 radical (unpaired) electrons. The highest BCUT2D eigenvalue weighted by molar-refractivity contribution is 6.02. The molecule has 0 fully saturated rings. The van der Waals surface area contributed by atoms with E-state index in [1.54, 1.807) is 30.3 Å². The first-order valence-electron chi connectivity index (χ1n) is 7.55. The number of hydrogen-bond donors (Lipinski definition) is 3. The number of benzene rings is 1. The minimum atomic E-state index is -0.780. The maximum absolute atomic E-state index is 12.5. The molecule has 0 saturated heterocycles. The van der Waals surface area contributed by atoms with Crippen LogP contribution in [0.5, 0.6) is 5.75 Å². The van der Waals surface area contributed by atoms with Crippen LogP contribution < -0.4 is 16.2 Å². The van der Waals surface area contributed by atoms with Crippen LogP contribution in [-0.4, -0.2) is 42.7 Å². The van der Waals surface area contributed by atoms with Crippen LogP contribution in [0.15, 0.2) is 41.3 Å². The van der Waals surface area contributed by atoms with Crippen LogP contribution in [0.1, 0.15) is 10.5 Å². The number of imidazole rings is 1. The lowest BCUT2D eigenvalue weighted by Crippen LogP contribution is -2.15. The largest absolute Gasteiger partial charge is 0.497 e. The maximum Gasteiger partial charge on any atom is 0.332 e. The van der Waals surface area contributed by atoms with Crippen LogP contribution in [-0.2, 0) is 0 Å². The summed E-state index contributed by atoms with van der Waals surface area (Å²) < 4.78 is 6.53. The number of amides is 1. The number of nitrogens with two attached hydrogens (primary N) is 1. The Hall–Kier alpha value is -3.95. The lowest BCUT2D eigenvalue weighted by Gasteiger charge is -2.07. The Labute approximate surface area is 145 Å². The van der Waals surface area contributed by atoms with Gasteiger partial charge in [-0.25, -0.2) is 19.3 Å². The molecule has 0 aliphatic heterocycles. The molecule has 10 nitrogen and oxygen atoms in total. The van der Waals surface area contributed by atoms with Gasteiger partial charge < -0.3 is 15.5 Å². The predicted molar refractivity (Wildman–Crippen MR) is 92.1 cm³/mol. The summed E-state index contributed by atoms with van der Waals surface area (Å²) in [5.74, 6) is -0.0154. The van der Waals surface area contributed by atoms with Crippen LogP contribution >= 0.6 is 0 Å². The zero-order chi connectivity index (χ0) is 18.3. The zero-order valence-corrected chi connectivity index (χ0v) is 13.6.